The number of rotatable bonds is 5. The van der Waals surface area contributed by atoms with E-state index in [1.54, 1.807) is 0 Å². The number of hydrogen-bond acceptors (Lipinski definition) is 4. The predicted molar refractivity (Wildman–Crippen MR) is 79.2 cm³/mol. The van der Waals surface area contributed by atoms with E-state index in [9.17, 15) is 9.90 Å². The summed E-state index contributed by atoms with van der Waals surface area (Å²) in [4.78, 5) is 14.1. The molecule has 5 nitrogen and oxygen atoms in total. The minimum absolute atomic E-state index is 0.0304. The second kappa shape index (κ2) is 6.83. The van der Waals surface area contributed by atoms with Crippen LogP contribution < -0.4 is 11.1 Å². The number of benzene rings is 1. The molecule has 1 aromatic carbocycles. The molecule has 5 heteroatoms. The molecule has 1 saturated heterocycles. The maximum Gasteiger partial charge on any atom is 0.238 e. The lowest BCUT2D eigenvalue weighted by Gasteiger charge is -2.17. The Kier molecular flexibility index (Phi) is 5.11. The van der Waals surface area contributed by atoms with Crippen LogP contribution in [0.3, 0.4) is 0 Å². The third-order valence-corrected chi connectivity index (χ3v) is 3.87. The third-order valence-electron chi connectivity index (χ3n) is 3.87. The number of amides is 1. The van der Waals surface area contributed by atoms with E-state index in [-0.39, 0.29) is 17.9 Å². The molecule has 2 rings (SSSR count). The summed E-state index contributed by atoms with van der Waals surface area (Å²) in [5, 5.41) is 12.5. The highest BCUT2D eigenvalue weighted by atomic mass is 16.3. The molecule has 0 aromatic heterocycles. The van der Waals surface area contributed by atoms with Gasteiger partial charge in [-0.15, -0.1) is 0 Å². The molecule has 1 aliphatic rings. The number of anilines is 1. The summed E-state index contributed by atoms with van der Waals surface area (Å²) in [6.45, 7) is 4.23. The van der Waals surface area contributed by atoms with Crippen LogP contribution in [0, 0.1) is 5.92 Å². The first-order chi connectivity index (χ1) is 9.60. The van der Waals surface area contributed by atoms with E-state index in [4.69, 9.17) is 5.73 Å². The van der Waals surface area contributed by atoms with E-state index in [0.717, 1.165) is 30.8 Å². The van der Waals surface area contributed by atoms with Gasteiger partial charge in [-0.05, 0) is 37.4 Å². The predicted octanol–water partition coefficient (Wildman–Crippen LogP) is 0.786. The number of nitrogens with one attached hydrogen (secondary N) is 1. The van der Waals surface area contributed by atoms with Crippen molar-refractivity contribution in [2.24, 2.45) is 11.7 Å². The second-order valence-electron chi connectivity index (χ2n) is 5.43. The van der Waals surface area contributed by atoms with Crippen molar-refractivity contribution in [3.8, 4) is 0 Å². The zero-order chi connectivity index (χ0) is 14.5. The Bertz CT molecular complexity index is 462. The molecule has 2 unspecified atom stereocenters. The number of para-hydroxylation sites is 1. The number of nitrogens with two attached hydrogens (primary N) is 1. The van der Waals surface area contributed by atoms with Gasteiger partial charge in [-0.2, -0.15) is 0 Å². The number of carbonyl (C=O) groups is 1. The molecule has 0 aliphatic carbocycles. The van der Waals surface area contributed by atoms with Crippen molar-refractivity contribution in [2.75, 3.05) is 25.0 Å². The van der Waals surface area contributed by atoms with E-state index in [1.807, 2.05) is 31.2 Å². The average molecular weight is 277 g/mol. The lowest BCUT2D eigenvalue weighted by molar-refractivity contribution is -0.117. The van der Waals surface area contributed by atoms with Crippen LogP contribution in [0.5, 0.6) is 0 Å². The monoisotopic (exact) mass is 277 g/mol. The summed E-state index contributed by atoms with van der Waals surface area (Å²) in [6.07, 6.45) is 0.644. The molecule has 1 heterocycles. The zero-order valence-corrected chi connectivity index (χ0v) is 11.9. The smallest absolute Gasteiger partial charge is 0.238 e. The molecule has 110 valence electrons. The lowest BCUT2D eigenvalue weighted by atomic mass is 10.0. The summed E-state index contributed by atoms with van der Waals surface area (Å²) in [7, 11) is 0. The number of carbonyl (C=O) groups excluding carboxylic acids is 1. The maximum atomic E-state index is 12.1. The third kappa shape index (κ3) is 3.79. The second-order valence-corrected chi connectivity index (χ2v) is 5.43. The van der Waals surface area contributed by atoms with Crippen LogP contribution in [0.25, 0.3) is 0 Å². The van der Waals surface area contributed by atoms with Crippen LogP contribution in [0.2, 0.25) is 0 Å². The quantitative estimate of drug-likeness (QED) is 0.743. The van der Waals surface area contributed by atoms with Gasteiger partial charge in [-0.1, -0.05) is 18.2 Å². The summed E-state index contributed by atoms with van der Waals surface area (Å²) in [5.41, 5.74) is 7.37. The first-order valence-electron chi connectivity index (χ1n) is 7.08. The molecule has 0 saturated carbocycles. The largest absolute Gasteiger partial charge is 0.393 e. The molecular weight excluding hydrogens is 254 g/mol. The van der Waals surface area contributed by atoms with E-state index in [0.29, 0.717) is 13.1 Å². The first kappa shape index (κ1) is 15.0. The van der Waals surface area contributed by atoms with Gasteiger partial charge in [0.1, 0.15) is 0 Å². The number of nitrogens with zero attached hydrogens (tertiary/aromatic N) is 1. The Hall–Kier alpha value is -1.43. The topological polar surface area (TPSA) is 78.6 Å². The normalized spacial score (nSPS) is 20.9. The van der Waals surface area contributed by atoms with Crippen molar-refractivity contribution in [2.45, 2.75) is 26.0 Å². The molecular formula is C15H23N3O2. The fourth-order valence-corrected chi connectivity index (χ4v) is 2.61. The Morgan fingerprint density at radius 1 is 1.55 bits per heavy atom. The molecule has 2 atom stereocenters. The van der Waals surface area contributed by atoms with Crippen LogP contribution in [0.15, 0.2) is 24.3 Å². The standard InChI is InChI=1S/C15H23N3O2/c1-11(19)13-6-7-18(9-13)10-15(20)17-14-5-3-2-4-12(14)8-16/h2-5,11,13,19H,6-10,16H2,1H3,(H,17,20). The highest BCUT2D eigenvalue weighted by molar-refractivity contribution is 5.93. The van der Waals surface area contributed by atoms with Gasteiger partial charge in [0.15, 0.2) is 0 Å². The molecule has 1 fully saturated rings. The average Bonchev–Trinajstić information content (AvgIpc) is 2.88. The van der Waals surface area contributed by atoms with Crippen LogP contribution >= 0.6 is 0 Å². The zero-order valence-electron chi connectivity index (χ0n) is 11.9. The van der Waals surface area contributed by atoms with Gasteiger partial charge in [-0.3, -0.25) is 9.69 Å². The van der Waals surface area contributed by atoms with Crippen LogP contribution in [0.1, 0.15) is 18.9 Å². The Morgan fingerprint density at radius 2 is 2.30 bits per heavy atom. The number of aliphatic hydroxyl groups excluding tert-OH is 1. The number of aliphatic hydroxyl groups is 1. The molecule has 20 heavy (non-hydrogen) atoms. The molecule has 1 amide bonds. The minimum Gasteiger partial charge on any atom is -0.393 e. The van der Waals surface area contributed by atoms with Gasteiger partial charge in [0.25, 0.3) is 0 Å². The highest BCUT2D eigenvalue weighted by Gasteiger charge is 2.27. The summed E-state index contributed by atoms with van der Waals surface area (Å²) in [6, 6.07) is 7.57. The van der Waals surface area contributed by atoms with E-state index in [2.05, 4.69) is 10.2 Å². The SMILES string of the molecule is CC(O)C1CCN(CC(=O)Nc2ccccc2CN)C1. The van der Waals surface area contributed by atoms with Crippen LogP contribution in [-0.4, -0.2) is 41.7 Å². The van der Waals surface area contributed by atoms with Crippen LogP contribution in [-0.2, 0) is 11.3 Å². The fourth-order valence-electron chi connectivity index (χ4n) is 2.61. The van der Waals surface area contributed by atoms with Gasteiger partial charge in [0, 0.05) is 18.8 Å². The van der Waals surface area contributed by atoms with E-state index < -0.39 is 0 Å². The number of hydrogen-bond donors (Lipinski definition) is 3. The van der Waals surface area contributed by atoms with Gasteiger partial charge >= 0.3 is 0 Å². The molecule has 0 bridgehead atoms. The first-order valence-corrected chi connectivity index (χ1v) is 7.08. The van der Waals surface area contributed by atoms with Gasteiger partial charge < -0.3 is 16.2 Å². The van der Waals surface area contributed by atoms with Gasteiger partial charge in [0.2, 0.25) is 5.91 Å². The Morgan fingerprint density at radius 3 is 2.95 bits per heavy atom. The molecule has 4 N–H and O–H groups in total. The van der Waals surface area contributed by atoms with Crippen molar-refractivity contribution in [3.05, 3.63) is 29.8 Å². The summed E-state index contributed by atoms with van der Waals surface area (Å²) >= 11 is 0. The molecule has 1 aromatic rings. The minimum atomic E-state index is -0.305. The van der Waals surface area contributed by atoms with Crippen LogP contribution in [0.4, 0.5) is 5.69 Å². The lowest BCUT2D eigenvalue weighted by Crippen LogP contribution is -2.32. The Balaban J connectivity index is 1.87. The fraction of sp³-hybridized carbons (Fsp3) is 0.533. The van der Waals surface area contributed by atoms with Crippen molar-refractivity contribution < 1.29 is 9.90 Å². The maximum absolute atomic E-state index is 12.1. The van der Waals surface area contributed by atoms with E-state index in [1.165, 1.54) is 0 Å². The van der Waals surface area contributed by atoms with Gasteiger partial charge in [0.05, 0.1) is 12.6 Å². The number of likely N-dealkylation sites (tertiary alicyclic amines) is 1. The summed E-state index contributed by atoms with van der Waals surface area (Å²) < 4.78 is 0. The van der Waals surface area contributed by atoms with Crippen molar-refractivity contribution >= 4 is 11.6 Å². The van der Waals surface area contributed by atoms with Crippen molar-refractivity contribution in [3.63, 3.8) is 0 Å². The molecule has 0 spiro atoms. The molecule has 1 aliphatic heterocycles. The highest BCUT2D eigenvalue weighted by Crippen LogP contribution is 2.19. The van der Waals surface area contributed by atoms with E-state index >= 15 is 0 Å². The van der Waals surface area contributed by atoms with Gasteiger partial charge in [-0.25, -0.2) is 0 Å². The Labute approximate surface area is 119 Å². The summed E-state index contributed by atoms with van der Waals surface area (Å²) in [5.74, 6) is 0.247. The van der Waals surface area contributed by atoms with Crippen molar-refractivity contribution in [1.29, 1.82) is 0 Å². The van der Waals surface area contributed by atoms with Crippen molar-refractivity contribution in [1.82, 2.24) is 4.90 Å². The molecule has 0 radical (unpaired) electrons.